The summed E-state index contributed by atoms with van der Waals surface area (Å²) in [5, 5.41) is 10.8. The summed E-state index contributed by atoms with van der Waals surface area (Å²) >= 11 is 0. The molecule has 0 heterocycles. The van der Waals surface area contributed by atoms with E-state index < -0.39 is 4.92 Å². The highest BCUT2D eigenvalue weighted by atomic mass is 16.6. The number of nitrogens with zero attached hydrogens (tertiary/aromatic N) is 1. The average Bonchev–Trinajstić information content (AvgIpc) is 2.70. The molecule has 0 saturated heterocycles. The molecule has 16 heavy (non-hydrogen) atoms. The summed E-state index contributed by atoms with van der Waals surface area (Å²) in [5.41, 5.74) is 1.65. The number of nitro benzene ring substituents is 1. The molecule has 5 nitrogen and oxygen atoms in total. The van der Waals surface area contributed by atoms with Crippen LogP contribution in [0.4, 0.5) is 5.69 Å². The summed E-state index contributed by atoms with van der Waals surface area (Å²) in [5.74, 6) is -0.577. The molecule has 2 rings (SSSR count). The summed E-state index contributed by atoms with van der Waals surface area (Å²) in [6, 6.07) is 4.94. The van der Waals surface area contributed by atoms with Crippen LogP contribution in [0.1, 0.15) is 11.1 Å². The molecule has 0 spiro atoms. The Morgan fingerprint density at radius 2 is 2.25 bits per heavy atom. The standard InChI is InChI=1S/C11H11NO4/c1-16-11(13)8-5-7-3-2-4-10(12(14)15)9(7)6-8/h2-4,8H,5-6H2,1H3/t8-/m0/s1. The van der Waals surface area contributed by atoms with E-state index in [1.54, 1.807) is 6.07 Å². The zero-order chi connectivity index (χ0) is 11.7. The number of carbonyl (C=O) groups excluding carboxylic acids is 1. The summed E-state index contributed by atoms with van der Waals surface area (Å²) < 4.78 is 4.66. The van der Waals surface area contributed by atoms with Crippen molar-refractivity contribution in [3.8, 4) is 0 Å². The monoisotopic (exact) mass is 221 g/mol. The Morgan fingerprint density at radius 3 is 2.88 bits per heavy atom. The number of benzene rings is 1. The van der Waals surface area contributed by atoms with E-state index in [9.17, 15) is 14.9 Å². The van der Waals surface area contributed by atoms with Crippen molar-refractivity contribution >= 4 is 11.7 Å². The van der Waals surface area contributed by atoms with Gasteiger partial charge in [-0.1, -0.05) is 12.1 Å². The van der Waals surface area contributed by atoms with E-state index in [2.05, 4.69) is 4.74 Å². The van der Waals surface area contributed by atoms with Gasteiger partial charge in [0, 0.05) is 11.6 Å². The highest BCUT2D eigenvalue weighted by Crippen LogP contribution is 2.33. The van der Waals surface area contributed by atoms with Gasteiger partial charge in [0.2, 0.25) is 0 Å². The lowest BCUT2D eigenvalue weighted by Crippen LogP contribution is -2.16. The van der Waals surface area contributed by atoms with Crippen molar-refractivity contribution in [1.82, 2.24) is 0 Å². The fourth-order valence-corrected chi connectivity index (χ4v) is 2.14. The first-order valence-electron chi connectivity index (χ1n) is 4.96. The van der Waals surface area contributed by atoms with Gasteiger partial charge >= 0.3 is 5.97 Å². The number of rotatable bonds is 2. The van der Waals surface area contributed by atoms with Crippen LogP contribution in [-0.2, 0) is 22.4 Å². The second kappa shape index (κ2) is 3.92. The van der Waals surface area contributed by atoms with E-state index >= 15 is 0 Å². The largest absolute Gasteiger partial charge is 0.469 e. The molecule has 1 aliphatic carbocycles. The highest BCUT2D eigenvalue weighted by molar-refractivity contribution is 5.75. The molecule has 0 bridgehead atoms. The van der Waals surface area contributed by atoms with Gasteiger partial charge in [-0.2, -0.15) is 0 Å². The van der Waals surface area contributed by atoms with Gasteiger partial charge in [-0.3, -0.25) is 14.9 Å². The lowest BCUT2D eigenvalue weighted by molar-refractivity contribution is -0.385. The zero-order valence-electron chi connectivity index (χ0n) is 8.80. The molecule has 5 heteroatoms. The molecule has 1 aromatic rings. The summed E-state index contributed by atoms with van der Waals surface area (Å²) in [4.78, 5) is 21.8. The number of hydrogen-bond donors (Lipinski definition) is 0. The quantitative estimate of drug-likeness (QED) is 0.431. The van der Waals surface area contributed by atoms with Crippen molar-refractivity contribution in [3.05, 3.63) is 39.4 Å². The molecule has 84 valence electrons. The van der Waals surface area contributed by atoms with Crippen molar-refractivity contribution < 1.29 is 14.5 Å². The maximum Gasteiger partial charge on any atom is 0.309 e. The molecule has 0 unspecified atom stereocenters. The minimum atomic E-state index is -0.404. The van der Waals surface area contributed by atoms with Gasteiger partial charge in [-0.05, 0) is 18.4 Å². The van der Waals surface area contributed by atoms with E-state index in [1.807, 2.05) is 6.07 Å². The van der Waals surface area contributed by atoms with E-state index in [1.165, 1.54) is 13.2 Å². The molecule has 0 aromatic heterocycles. The number of nitro groups is 1. The Hall–Kier alpha value is -1.91. The Bertz CT molecular complexity index is 455. The van der Waals surface area contributed by atoms with Crippen LogP contribution in [0.2, 0.25) is 0 Å². The van der Waals surface area contributed by atoms with Gasteiger partial charge in [-0.25, -0.2) is 0 Å². The topological polar surface area (TPSA) is 69.4 Å². The first-order chi connectivity index (χ1) is 7.63. The number of hydrogen-bond acceptors (Lipinski definition) is 4. The molecule has 0 amide bonds. The third kappa shape index (κ3) is 1.64. The van der Waals surface area contributed by atoms with Crippen LogP contribution in [0.15, 0.2) is 18.2 Å². The highest BCUT2D eigenvalue weighted by Gasteiger charge is 2.32. The fraction of sp³-hybridized carbons (Fsp3) is 0.364. The lowest BCUT2D eigenvalue weighted by atomic mass is 10.1. The van der Waals surface area contributed by atoms with Crippen LogP contribution in [-0.4, -0.2) is 18.0 Å². The maximum absolute atomic E-state index is 11.4. The number of fused-ring (bicyclic) bond motifs is 1. The van der Waals surface area contributed by atoms with Gasteiger partial charge in [0.1, 0.15) is 0 Å². The van der Waals surface area contributed by atoms with Crippen molar-refractivity contribution in [2.45, 2.75) is 12.8 Å². The van der Waals surface area contributed by atoms with E-state index in [0.29, 0.717) is 18.4 Å². The van der Waals surface area contributed by atoms with Gasteiger partial charge in [0.05, 0.1) is 18.0 Å². The van der Waals surface area contributed by atoms with E-state index in [-0.39, 0.29) is 17.6 Å². The first kappa shape index (κ1) is 10.6. The van der Waals surface area contributed by atoms with Crippen LogP contribution in [0.5, 0.6) is 0 Å². The Kier molecular flexibility index (Phi) is 2.60. The van der Waals surface area contributed by atoms with Crippen LogP contribution in [0, 0.1) is 16.0 Å². The van der Waals surface area contributed by atoms with Crippen molar-refractivity contribution in [2.24, 2.45) is 5.92 Å². The minimum absolute atomic E-state index is 0.101. The van der Waals surface area contributed by atoms with Crippen molar-refractivity contribution in [1.29, 1.82) is 0 Å². The zero-order valence-corrected chi connectivity index (χ0v) is 8.80. The first-order valence-corrected chi connectivity index (χ1v) is 4.96. The van der Waals surface area contributed by atoms with Gasteiger partial charge in [-0.15, -0.1) is 0 Å². The molecule has 0 radical (unpaired) electrons. The van der Waals surface area contributed by atoms with E-state index in [4.69, 9.17) is 0 Å². The number of ether oxygens (including phenoxy) is 1. The molecule has 0 saturated carbocycles. The predicted molar refractivity (Wildman–Crippen MR) is 56.0 cm³/mol. The predicted octanol–water partition coefficient (Wildman–Crippen LogP) is 1.48. The Morgan fingerprint density at radius 1 is 1.50 bits per heavy atom. The third-order valence-corrected chi connectivity index (χ3v) is 2.90. The SMILES string of the molecule is COC(=O)[C@H]1Cc2cccc([N+](=O)[O-])c2C1. The van der Waals surface area contributed by atoms with E-state index in [0.717, 1.165) is 5.56 Å². The molecule has 0 N–H and O–H groups in total. The molecule has 1 aliphatic rings. The van der Waals surface area contributed by atoms with Crippen LogP contribution >= 0.6 is 0 Å². The maximum atomic E-state index is 11.4. The van der Waals surface area contributed by atoms with Crippen LogP contribution in [0.25, 0.3) is 0 Å². The Labute approximate surface area is 92.2 Å². The third-order valence-electron chi connectivity index (χ3n) is 2.90. The second-order valence-electron chi connectivity index (χ2n) is 3.80. The van der Waals surface area contributed by atoms with Crippen molar-refractivity contribution in [3.63, 3.8) is 0 Å². The van der Waals surface area contributed by atoms with Gasteiger partial charge in [0.25, 0.3) is 5.69 Å². The minimum Gasteiger partial charge on any atom is -0.469 e. The molecule has 0 aliphatic heterocycles. The molecule has 1 atom stereocenters. The summed E-state index contributed by atoms with van der Waals surface area (Å²) in [7, 11) is 1.33. The van der Waals surface area contributed by atoms with Gasteiger partial charge < -0.3 is 4.74 Å². The van der Waals surface area contributed by atoms with Crippen molar-refractivity contribution in [2.75, 3.05) is 7.11 Å². The number of carbonyl (C=O) groups is 1. The van der Waals surface area contributed by atoms with Crippen LogP contribution < -0.4 is 0 Å². The summed E-state index contributed by atoms with van der Waals surface area (Å²) in [6.45, 7) is 0. The molecule has 0 fully saturated rings. The molecular formula is C11H11NO4. The normalized spacial score (nSPS) is 17.9. The molecule has 1 aromatic carbocycles. The second-order valence-corrected chi connectivity index (χ2v) is 3.80. The van der Waals surface area contributed by atoms with Gasteiger partial charge in [0.15, 0.2) is 0 Å². The summed E-state index contributed by atoms with van der Waals surface area (Å²) in [6.07, 6.45) is 0.933. The lowest BCUT2D eigenvalue weighted by Gasteiger charge is -2.04. The average molecular weight is 221 g/mol. The smallest absolute Gasteiger partial charge is 0.309 e. The number of esters is 1. The number of methoxy groups -OCH3 is 1. The molecular weight excluding hydrogens is 210 g/mol. The van der Waals surface area contributed by atoms with Crippen LogP contribution in [0.3, 0.4) is 0 Å². The fourth-order valence-electron chi connectivity index (χ4n) is 2.14. The Balaban J connectivity index is 2.34.